The molecule has 1 aromatic rings. The molecular formula is C14H22ClN3O2S. The minimum atomic E-state index is 0. The van der Waals surface area contributed by atoms with E-state index >= 15 is 0 Å². The van der Waals surface area contributed by atoms with E-state index in [-0.39, 0.29) is 30.3 Å². The lowest BCUT2D eigenvalue weighted by Gasteiger charge is -2.35. The van der Waals surface area contributed by atoms with Crippen LogP contribution in [0.15, 0.2) is 17.5 Å². The van der Waals surface area contributed by atoms with Gasteiger partial charge in [-0.3, -0.25) is 9.69 Å². The highest BCUT2D eigenvalue weighted by molar-refractivity contribution is 7.10. The molecule has 2 saturated heterocycles. The van der Waals surface area contributed by atoms with Gasteiger partial charge in [0.2, 0.25) is 5.91 Å². The predicted octanol–water partition coefficient (Wildman–Crippen LogP) is 0.879. The summed E-state index contributed by atoms with van der Waals surface area (Å²) in [4.78, 5) is 15.7. The molecule has 7 heteroatoms. The Balaban J connectivity index is 0.00000161. The molecule has 2 fully saturated rings. The molecule has 0 bridgehead atoms. The van der Waals surface area contributed by atoms with Gasteiger partial charge in [0.05, 0.1) is 25.2 Å². The van der Waals surface area contributed by atoms with Gasteiger partial charge in [-0.05, 0) is 11.4 Å². The fourth-order valence-electron chi connectivity index (χ4n) is 2.60. The number of nitrogens with one attached hydrogen (secondary N) is 2. The van der Waals surface area contributed by atoms with Crippen molar-refractivity contribution in [3.05, 3.63) is 22.4 Å². The van der Waals surface area contributed by atoms with Crippen molar-refractivity contribution in [3.8, 4) is 0 Å². The number of nitrogens with zero attached hydrogens (tertiary/aromatic N) is 1. The highest BCUT2D eigenvalue weighted by atomic mass is 35.5. The Morgan fingerprint density at radius 3 is 2.81 bits per heavy atom. The Labute approximate surface area is 135 Å². The van der Waals surface area contributed by atoms with E-state index < -0.39 is 0 Å². The van der Waals surface area contributed by atoms with Crippen LogP contribution in [0.5, 0.6) is 0 Å². The first-order valence-corrected chi connectivity index (χ1v) is 8.06. The molecule has 3 rings (SSSR count). The second-order valence-corrected chi connectivity index (χ2v) is 6.26. The first-order chi connectivity index (χ1) is 9.84. The molecule has 1 aromatic heterocycles. The number of thiophene rings is 1. The van der Waals surface area contributed by atoms with Gasteiger partial charge in [-0.25, -0.2) is 0 Å². The molecule has 21 heavy (non-hydrogen) atoms. The minimum Gasteiger partial charge on any atom is -0.379 e. The van der Waals surface area contributed by atoms with Gasteiger partial charge in [0.15, 0.2) is 0 Å². The second kappa shape index (κ2) is 8.10. The van der Waals surface area contributed by atoms with E-state index in [1.165, 1.54) is 4.88 Å². The van der Waals surface area contributed by atoms with Crippen molar-refractivity contribution < 1.29 is 9.53 Å². The lowest BCUT2D eigenvalue weighted by molar-refractivity contribution is -0.126. The van der Waals surface area contributed by atoms with Crippen molar-refractivity contribution in [3.63, 3.8) is 0 Å². The molecule has 0 aliphatic carbocycles. The van der Waals surface area contributed by atoms with E-state index in [0.717, 1.165) is 39.4 Å². The van der Waals surface area contributed by atoms with Crippen LogP contribution in [0.3, 0.4) is 0 Å². The fraction of sp³-hybridized carbons (Fsp3) is 0.643. The van der Waals surface area contributed by atoms with Crippen LogP contribution < -0.4 is 10.6 Å². The largest absolute Gasteiger partial charge is 0.379 e. The Morgan fingerprint density at radius 1 is 1.48 bits per heavy atom. The number of rotatable bonds is 5. The van der Waals surface area contributed by atoms with Crippen LogP contribution in [0.2, 0.25) is 0 Å². The molecule has 1 unspecified atom stereocenters. The van der Waals surface area contributed by atoms with Crippen molar-refractivity contribution in [1.82, 2.24) is 15.5 Å². The fourth-order valence-corrected chi connectivity index (χ4v) is 3.46. The first kappa shape index (κ1) is 16.7. The number of ether oxygens (including phenoxy) is 1. The molecule has 0 aromatic carbocycles. The standard InChI is InChI=1S/C14H21N3O2S.ClH/c18-14(11-8-15-9-11)16-10-12(13-2-1-7-20-13)17-3-5-19-6-4-17;/h1-2,7,11-12,15H,3-6,8-10H2,(H,16,18);1H. The van der Waals surface area contributed by atoms with Gasteiger partial charge in [-0.1, -0.05) is 6.07 Å². The third-order valence-electron chi connectivity index (χ3n) is 3.98. The summed E-state index contributed by atoms with van der Waals surface area (Å²) in [5.74, 6) is 0.335. The summed E-state index contributed by atoms with van der Waals surface area (Å²) < 4.78 is 5.42. The number of carbonyl (C=O) groups excluding carboxylic acids is 1. The zero-order chi connectivity index (χ0) is 13.8. The van der Waals surface area contributed by atoms with Crippen molar-refractivity contribution in [2.45, 2.75) is 6.04 Å². The Morgan fingerprint density at radius 2 is 2.24 bits per heavy atom. The van der Waals surface area contributed by atoms with E-state index in [9.17, 15) is 4.79 Å². The molecule has 0 spiro atoms. The summed E-state index contributed by atoms with van der Waals surface area (Å²) >= 11 is 1.76. The predicted molar refractivity (Wildman–Crippen MR) is 86.1 cm³/mol. The minimum absolute atomic E-state index is 0. The van der Waals surface area contributed by atoms with Crippen molar-refractivity contribution in [2.24, 2.45) is 5.92 Å². The van der Waals surface area contributed by atoms with Crippen LogP contribution in [-0.2, 0) is 9.53 Å². The second-order valence-electron chi connectivity index (χ2n) is 5.28. The zero-order valence-electron chi connectivity index (χ0n) is 11.9. The Bertz CT molecular complexity index is 433. The third kappa shape index (κ3) is 4.17. The number of hydrogen-bond acceptors (Lipinski definition) is 5. The maximum Gasteiger partial charge on any atom is 0.225 e. The molecule has 2 aliphatic rings. The summed E-state index contributed by atoms with van der Waals surface area (Å²) in [6.45, 7) is 5.74. The molecule has 0 radical (unpaired) electrons. The van der Waals surface area contributed by atoms with Crippen LogP contribution in [0.4, 0.5) is 0 Å². The molecule has 3 heterocycles. The van der Waals surface area contributed by atoms with Crippen LogP contribution >= 0.6 is 23.7 Å². The van der Waals surface area contributed by atoms with Gasteiger partial charge in [0, 0.05) is 37.6 Å². The summed E-state index contributed by atoms with van der Waals surface area (Å²) in [6.07, 6.45) is 0. The molecule has 2 aliphatic heterocycles. The van der Waals surface area contributed by atoms with Crippen LogP contribution in [-0.4, -0.2) is 56.7 Å². The van der Waals surface area contributed by atoms with Crippen LogP contribution in [0, 0.1) is 5.92 Å². The molecule has 1 atom stereocenters. The summed E-state index contributed by atoms with van der Waals surface area (Å²) in [6, 6.07) is 4.50. The molecule has 0 saturated carbocycles. The smallest absolute Gasteiger partial charge is 0.225 e. The van der Waals surface area contributed by atoms with Crippen molar-refractivity contribution >= 4 is 29.7 Å². The van der Waals surface area contributed by atoms with Gasteiger partial charge in [0.25, 0.3) is 0 Å². The average molecular weight is 332 g/mol. The number of carbonyl (C=O) groups is 1. The number of morpholine rings is 1. The van der Waals surface area contributed by atoms with Gasteiger partial charge in [-0.15, -0.1) is 23.7 Å². The van der Waals surface area contributed by atoms with E-state index in [0.29, 0.717) is 6.54 Å². The highest BCUT2D eigenvalue weighted by Crippen LogP contribution is 2.25. The summed E-state index contributed by atoms with van der Waals surface area (Å²) in [7, 11) is 0. The quantitative estimate of drug-likeness (QED) is 0.841. The van der Waals surface area contributed by atoms with E-state index in [1.54, 1.807) is 11.3 Å². The van der Waals surface area contributed by atoms with E-state index in [4.69, 9.17) is 4.74 Å². The van der Waals surface area contributed by atoms with E-state index in [1.807, 2.05) is 0 Å². The topological polar surface area (TPSA) is 53.6 Å². The molecule has 118 valence electrons. The van der Waals surface area contributed by atoms with Crippen molar-refractivity contribution in [2.75, 3.05) is 45.9 Å². The van der Waals surface area contributed by atoms with Gasteiger partial charge >= 0.3 is 0 Å². The third-order valence-corrected chi connectivity index (χ3v) is 4.95. The number of halogens is 1. The van der Waals surface area contributed by atoms with Gasteiger partial charge < -0.3 is 15.4 Å². The Hall–Kier alpha value is -0.660. The maximum atomic E-state index is 12.0. The van der Waals surface area contributed by atoms with Crippen LogP contribution in [0.25, 0.3) is 0 Å². The van der Waals surface area contributed by atoms with Gasteiger partial charge in [0.1, 0.15) is 0 Å². The van der Waals surface area contributed by atoms with Crippen molar-refractivity contribution in [1.29, 1.82) is 0 Å². The molecule has 1 amide bonds. The molecular weight excluding hydrogens is 310 g/mol. The van der Waals surface area contributed by atoms with Gasteiger partial charge in [-0.2, -0.15) is 0 Å². The normalized spacial score (nSPS) is 21.1. The lowest BCUT2D eigenvalue weighted by Crippen LogP contribution is -2.52. The summed E-state index contributed by atoms with van der Waals surface area (Å²) in [5, 5.41) is 8.35. The SMILES string of the molecule is Cl.O=C(NCC(c1cccs1)N1CCOCC1)C1CNC1. The Kier molecular flexibility index (Phi) is 6.44. The number of hydrogen-bond donors (Lipinski definition) is 2. The maximum absolute atomic E-state index is 12.0. The monoisotopic (exact) mass is 331 g/mol. The van der Waals surface area contributed by atoms with Crippen LogP contribution in [0.1, 0.15) is 10.9 Å². The molecule has 2 N–H and O–H groups in total. The lowest BCUT2D eigenvalue weighted by atomic mass is 10.0. The number of amides is 1. The summed E-state index contributed by atoms with van der Waals surface area (Å²) in [5.41, 5.74) is 0. The molecule has 5 nitrogen and oxygen atoms in total. The highest BCUT2D eigenvalue weighted by Gasteiger charge is 2.28. The van der Waals surface area contributed by atoms with E-state index in [2.05, 4.69) is 33.0 Å². The zero-order valence-corrected chi connectivity index (χ0v) is 13.5. The first-order valence-electron chi connectivity index (χ1n) is 7.18. The average Bonchev–Trinajstić information content (AvgIpc) is 2.92.